The van der Waals surface area contributed by atoms with E-state index in [2.05, 4.69) is 0 Å². The molecule has 0 amide bonds. The number of nitrogens with zero attached hydrogens (tertiary/aromatic N) is 2. The standard InChI is InChI=1S/C16H17FN2O5S/c1-18(9-10-24-16-6-4-3-5-13(16)17)14-8-7-12(25(2,22)23)11-15(14)19(20)21/h3-8,11H,9-10H2,1-2H3. The number of rotatable bonds is 7. The second kappa shape index (κ2) is 7.47. The molecule has 0 saturated heterocycles. The number of nitro groups is 1. The van der Waals surface area contributed by atoms with Crippen molar-refractivity contribution in [1.29, 1.82) is 0 Å². The Morgan fingerprint density at radius 3 is 2.52 bits per heavy atom. The first kappa shape index (κ1) is 18.7. The van der Waals surface area contributed by atoms with Gasteiger partial charge in [-0.25, -0.2) is 12.8 Å². The number of hydrogen-bond acceptors (Lipinski definition) is 6. The van der Waals surface area contributed by atoms with E-state index in [-0.39, 0.29) is 35.2 Å². The highest BCUT2D eigenvalue weighted by Gasteiger charge is 2.21. The van der Waals surface area contributed by atoms with Crippen LogP contribution in [0.4, 0.5) is 15.8 Å². The van der Waals surface area contributed by atoms with Crippen LogP contribution in [0.5, 0.6) is 5.75 Å². The van der Waals surface area contributed by atoms with Crippen molar-refractivity contribution in [1.82, 2.24) is 0 Å². The number of anilines is 1. The molecule has 0 unspecified atom stereocenters. The van der Waals surface area contributed by atoms with Gasteiger partial charge in [0.2, 0.25) is 0 Å². The lowest BCUT2D eigenvalue weighted by Crippen LogP contribution is -2.24. The molecule has 134 valence electrons. The molecule has 0 fully saturated rings. The summed E-state index contributed by atoms with van der Waals surface area (Å²) in [6, 6.07) is 9.65. The van der Waals surface area contributed by atoms with Crippen molar-refractivity contribution in [2.24, 2.45) is 0 Å². The summed E-state index contributed by atoms with van der Waals surface area (Å²) < 4.78 is 41.9. The first-order valence-corrected chi connectivity index (χ1v) is 9.16. The molecule has 0 N–H and O–H groups in total. The summed E-state index contributed by atoms with van der Waals surface area (Å²) in [4.78, 5) is 12.0. The Balaban J connectivity index is 2.14. The van der Waals surface area contributed by atoms with Gasteiger partial charge in [0.1, 0.15) is 12.3 Å². The molecule has 25 heavy (non-hydrogen) atoms. The average Bonchev–Trinajstić information content (AvgIpc) is 2.55. The Bertz CT molecular complexity index is 886. The van der Waals surface area contributed by atoms with E-state index in [1.807, 2.05) is 0 Å². The molecule has 2 rings (SSSR count). The van der Waals surface area contributed by atoms with Gasteiger partial charge in [0, 0.05) is 19.4 Å². The maximum absolute atomic E-state index is 13.5. The van der Waals surface area contributed by atoms with Gasteiger partial charge in [0.05, 0.1) is 16.4 Å². The highest BCUT2D eigenvalue weighted by atomic mass is 32.2. The van der Waals surface area contributed by atoms with Crippen molar-refractivity contribution >= 4 is 21.2 Å². The molecule has 0 bridgehead atoms. The fourth-order valence-electron chi connectivity index (χ4n) is 2.18. The van der Waals surface area contributed by atoms with Gasteiger partial charge in [-0.3, -0.25) is 10.1 Å². The summed E-state index contributed by atoms with van der Waals surface area (Å²) in [5.74, 6) is -0.397. The quantitative estimate of drug-likeness (QED) is 0.551. The molecule has 2 aromatic rings. The fraction of sp³-hybridized carbons (Fsp3) is 0.250. The van der Waals surface area contributed by atoms with Gasteiger partial charge in [0.15, 0.2) is 21.4 Å². The lowest BCUT2D eigenvalue weighted by molar-refractivity contribution is -0.384. The van der Waals surface area contributed by atoms with E-state index >= 15 is 0 Å². The second-order valence-corrected chi connectivity index (χ2v) is 7.40. The minimum absolute atomic E-state index is 0.0952. The Labute approximate surface area is 144 Å². The number of hydrogen-bond donors (Lipinski definition) is 0. The number of halogens is 1. The van der Waals surface area contributed by atoms with Gasteiger partial charge >= 0.3 is 0 Å². The van der Waals surface area contributed by atoms with E-state index in [0.717, 1.165) is 12.3 Å². The first-order valence-electron chi connectivity index (χ1n) is 7.27. The minimum Gasteiger partial charge on any atom is -0.489 e. The molecule has 9 heteroatoms. The highest BCUT2D eigenvalue weighted by Crippen LogP contribution is 2.30. The molecule has 0 radical (unpaired) electrons. The normalized spacial score (nSPS) is 11.2. The molecule has 0 spiro atoms. The third-order valence-corrected chi connectivity index (χ3v) is 4.61. The Morgan fingerprint density at radius 1 is 1.24 bits per heavy atom. The Morgan fingerprint density at radius 2 is 1.92 bits per heavy atom. The van der Waals surface area contributed by atoms with Crippen molar-refractivity contribution in [2.45, 2.75) is 4.90 Å². The van der Waals surface area contributed by atoms with E-state index in [1.54, 1.807) is 24.1 Å². The van der Waals surface area contributed by atoms with Gasteiger partial charge in [-0.2, -0.15) is 0 Å². The van der Waals surface area contributed by atoms with Gasteiger partial charge in [-0.1, -0.05) is 12.1 Å². The number of likely N-dealkylation sites (N-methyl/N-ethyl adjacent to an activating group) is 1. The van der Waals surface area contributed by atoms with Crippen molar-refractivity contribution in [2.75, 3.05) is 31.4 Å². The number of benzene rings is 2. The number of sulfone groups is 1. The SMILES string of the molecule is CN(CCOc1ccccc1F)c1ccc(S(C)(=O)=O)cc1[N+](=O)[O-]. The van der Waals surface area contributed by atoms with E-state index in [4.69, 9.17) is 4.74 Å². The monoisotopic (exact) mass is 368 g/mol. The molecular weight excluding hydrogens is 351 g/mol. The van der Waals surface area contributed by atoms with Crippen LogP contribution in [-0.4, -0.2) is 39.8 Å². The summed E-state index contributed by atoms with van der Waals surface area (Å²) in [6.07, 6.45) is 0.984. The van der Waals surface area contributed by atoms with Crippen LogP contribution in [0.1, 0.15) is 0 Å². The average molecular weight is 368 g/mol. The van der Waals surface area contributed by atoms with Crippen LogP contribution in [0.2, 0.25) is 0 Å². The van der Waals surface area contributed by atoms with Crippen LogP contribution in [-0.2, 0) is 9.84 Å². The van der Waals surface area contributed by atoms with Gasteiger partial charge < -0.3 is 9.64 Å². The molecule has 0 aliphatic heterocycles. The van der Waals surface area contributed by atoms with E-state index in [9.17, 15) is 22.9 Å². The molecule has 2 aromatic carbocycles. The van der Waals surface area contributed by atoms with Crippen LogP contribution < -0.4 is 9.64 Å². The molecule has 0 atom stereocenters. The van der Waals surface area contributed by atoms with Gasteiger partial charge in [-0.05, 0) is 24.3 Å². The molecule has 0 saturated carbocycles. The van der Waals surface area contributed by atoms with Crippen molar-refractivity contribution in [3.8, 4) is 5.75 Å². The summed E-state index contributed by atoms with van der Waals surface area (Å²) in [6.45, 7) is 0.343. The lowest BCUT2D eigenvalue weighted by Gasteiger charge is -2.19. The maximum Gasteiger partial charge on any atom is 0.293 e. The summed E-state index contributed by atoms with van der Waals surface area (Å²) in [7, 11) is -1.94. The zero-order valence-electron chi connectivity index (χ0n) is 13.7. The molecule has 0 aromatic heterocycles. The first-order chi connectivity index (χ1) is 11.7. The molecule has 7 nitrogen and oxygen atoms in total. The third-order valence-electron chi connectivity index (χ3n) is 3.50. The predicted molar refractivity (Wildman–Crippen MR) is 91.4 cm³/mol. The van der Waals surface area contributed by atoms with Crippen LogP contribution >= 0.6 is 0 Å². The van der Waals surface area contributed by atoms with Crippen molar-refractivity contribution < 1.29 is 22.5 Å². The summed E-state index contributed by atoms with van der Waals surface area (Å²) in [5.41, 5.74) is -0.0779. The lowest BCUT2D eigenvalue weighted by atomic mass is 10.2. The zero-order valence-corrected chi connectivity index (χ0v) is 14.5. The van der Waals surface area contributed by atoms with E-state index in [0.29, 0.717) is 0 Å². The number of nitro benzene ring substituents is 1. The minimum atomic E-state index is -3.55. The van der Waals surface area contributed by atoms with Crippen molar-refractivity contribution in [3.05, 3.63) is 58.4 Å². The summed E-state index contributed by atoms with van der Waals surface area (Å²) >= 11 is 0. The maximum atomic E-state index is 13.5. The summed E-state index contributed by atoms with van der Waals surface area (Å²) in [5, 5.41) is 11.2. The second-order valence-electron chi connectivity index (χ2n) is 5.38. The Kier molecular flexibility index (Phi) is 5.58. The molecule has 0 aliphatic rings. The largest absolute Gasteiger partial charge is 0.489 e. The highest BCUT2D eigenvalue weighted by molar-refractivity contribution is 7.90. The van der Waals surface area contributed by atoms with Crippen LogP contribution in [0.15, 0.2) is 47.4 Å². The third kappa shape index (κ3) is 4.66. The van der Waals surface area contributed by atoms with Gasteiger partial charge in [-0.15, -0.1) is 0 Å². The van der Waals surface area contributed by atoms with Crippen LogP contribution in [0.3, 0.4) is 0 Å². The van der Waals surface area contributed by atoms with Crippen LogP contribution in [0, 0.1) is 15.9 Å². The van der Waals surface area contributed by atoms with Crippen LogP contribution in [0.25, 0.3) is 0 Å². The molecule has 0 aliphatic carbocycles. The molecule has 0 heterocycles. The van der Waals surface area contributed by atoms with Crippen molar-refractivity contribution in [3.63, 3.8) is 0 Å². The number of para-hydroxylation sites is 1. The van der Waals surface area contributed by atoms with E-state index in [1.165, 1.54) is 24.3 Å². The van der Waals surface area contributed by atoms with E-state index < -0.39 is 20.6 Å². The Hall–Kier alpha value is -2.68. The topological polar surface area (TPSA) is 89.8 Å². The number of ether oxygens (including phenoxy) is 1. The zero-order chi connectivity index (χ0) is 18.6. The fourth-order valence-corrected chi connectivity index (χ4v) is 2.82. The molecular formula is C16H17FN2O5S. The van der Waals surface area contributed by atoms with Gasteiger partial charge in [0.25, 0.3) is 5.69 Å². The predicted octanol–water partition coefficient (Wildman–Crippen LogP) is 2.65. The smallest absolute Gasteiger partial charge is 0.293 e.